The molecule has 1 N–H and O–H groups in total. The van der Waals surface area contributed by atoms with Crippen molar-refractivity contribution in [2.24, 2.45) is 0 Å². The van der Waals surface area contributed by atoms with Gasteiger partial charge in [0.25, 0.3) is 0 Å². The highest BCUT2D eigenvalue weighted by atomic mass is 32.7. The zero-order valence-electron chi connectivity index (χ0n) is 11.5. The van der Waals surface area contributed by atoms with Crippen molar-refractivity contribution >= 4 is 19.2 Å². The van der Waals surface area contributed by atoms with Crippen LogP contribution in [-0.4, -0.2) is 18.2 Å². The van der Waals surface area contributed by atoms with Gasteiger partial charge in [0.05, 0.1) is 18.9 Å². The monoisotopic (exact) mass is 281 g/mol. The Morgan fingerprint density at radius 3 is 1.71 bits per heavy atom. The highest BCUT2D eigenvalue weighted by Crippen LogP contribution is 2.56. The smallest absolute Gasteiger partial charge is 0.208 e. The summed E-state index contributed by atoms with van der Waals surface area (Å²) in [6.45, 7) is 2.27. The van der Waals surface area contributed by atoms with Gasteiger partial charge in [0.2, 0.25) is 0 Å². The summed E-state index contributed by atoms with van der Waals surface area (Å²) in [7, 11) is 0. The second-order valence-corrected chi connectivity index (χ2v) is 9.01. The molecule has 4 heteroatoms. The van der Waals surface area contributed by atoms with E-state index in [1.807, 2.05) is 0 Å². The fourth-order valence-electron chi connectivity index (χ4n) is 1.83. The molecule has 0 saturated carbocycles. The van der Waals surface area contributed by atoms with Crippen molar-refractivity contribution in [2.75, 3.05) is 13.3 Å². The van der Waals surface area contributed by atoms with Crippen molar-refractivity contribution in [3.05, 3.63) is 0 Å². The average Bonchev–Trinajstić information content (AvgIpc) is 2.24. The molecule has 1 atom stereocenters. The van der Waals surface area contributed by atoms with Crippen LogP contribution in [0.1, 0.15) is 71.1 Å². The minimum absolute atomic E-state index is 0.654. The highest BCUT2D eigenvalue weighted by Gasteiger charge is 2.23. The van der Waals surface area contributed by atoms with Crippen molar-refractivity contribution in [1.29, 1.82) is 0 Å². The lowest BCUT2D eigenvalue weighted by atomic mass is 10.1. The van der Waals surface area contributed by atoms with Crippen molar-refractivity contribution in [1.82, 2.24) is 0 Å². The van der Waals surface area contributed by atoms with Gasteiger partial charge >= 0.3 is 6.92 Å². The molecule has 104 valence electrons. The van der Waals surface area contributed by atoms with Crippen LogP contribution in [0.2, 0.25) is 0 Å². The van der Waals surface area contributed by atoms with E-state index in [0.717, 1.165) is 6.42 Å². The van der Waals surface area contributed by atoms with Crippen LogP contribution in [0.15, 0.2) is 0 Å². The van der Waals surface area contributed by atoms with Crippen LogP contribution in [-0.2, 0) is 4.52 Å². The van der Waals surface area contributed by atoms with Gasteiger partial charge < -0.3 is 0 Å². The van der Waals surface area contributed by atoms with Gasteiger partial charge in [-0.25, -0.2) is 4.89 Å². The van der Waals surface area contributed by atoms with Crippen LogP contribution in [0.4, 0.5) is 0 Å². The van der Waals surface area contributed by atoms with Gasteiger partial charge in [-0.1, -0.05) is 64.7 Å². The number of thiol groups is 1. The molecule has 0 amide bonds. The van der Waals surface area contributed by atoms with E-state index < -0.39 is 6.92 Å². The van der Waals surface area contributed by atoms with Gasteiger partial charge in [0, 0.05) is 0 Å². The molecule has 0 aliphatic rings. The topological polar surface area (TPSA) is 29.5 Å². The molecule has 0 bridgehead atoms. The predicted molar refractivity (Wildman–Crippen MR) is 81.8 cm³/mol. The van der Waals surface area contributed by atoms with Crippen LogP contribution >= 0.6 is 19.2 Å². The molecule has 0 fully saturated rings. The van der Waals surface area contributed by atoms with E-state index in [0.29, 0.717) is 6.61 Å². The van der Waals surface area contributed by atoms with Crippen LogP contribution in [0, 0.1) is 0 Å². The van der Waals surface area contributed by atoms with Gasteiger partial charge in [-0.3, -0.25) is 0 Å². The lowest BCUT2D eigenvalue weighted by Gasteiger charge is -2.06. The molecular weight excluding hydrogens is 251 g/mol. The second kappa shape index (κ2) is 11.8. The SMILES string of the molecule is CCCCCCCCCCCCO[P+](C)(O)S. The minimum atomic E-state index is -2.30. The lowest BCUT2D eigenvalue weighted by Crippen LogP contribution is -1.93. The van der Waals surface area contributed by atoms with Crippen molar-refractivity contribution < 1.29 is 9.42 Å². The molecule has 0 spiro atoms. The summed E-state index contributed by atoms with van der Waals surface area (Å²) in [5.74, 6) is 0. The zero-order chi connectivity index (χ0) is 13.0. The average molecular weight is 281 g/mol. The van der Waals surface area contributed by atoms with Crippen LogP contribution in [0.25, 0.3) is 0 Å². The molecule has 0 heterocycles. The Morgan fingerprint density at radius 1 is 0.882 bits per heavy atom. The third kappa shape index (κ3) is 16.7. The molecule has 1 unspecified atom stereocenters. The molecule has 2 nitrogen and oxygen atoms in total. The molecule has 0 radical (unpaired) electrons. The fraction of sp³-hybridized carbons (Fsp3) is 1.00. The first-order chi connectivity index (χ1) is 8.06. The van der Waals surface area contributed by atoms with Crippen molar-refractivity contribution in [2.45, 2.75) is 71.1 Å². The largest absolute Gasteiger partial charge is 0.324 e. The zero-order valence-corrected chi connectivity index (χ0v) is 13.3. The summed E-state index contributed by atoms with van der Waals surface area (Å²) in [5.41, 5.74) is 0. The van der Waals surface area contributed by atoms with E-state index in [1.165, 1.54) is 57.8 Å². The fourth-order valence-corrected chi connectivity index (χ4v) is 2.55. The molecule has 0 aliphatic carbocycles. The predicted octanol–water partition coefficient (Wildman–Crippen LogP) is 5.24. The normalized spacial score (nSPS) is 14.8. The van der Waals surface area contributed by atoms with Crippen molar-refractivity contribution in [3.8, 4) is 0 Å². The Morgan fingerprint density at radius 2 is 1.29 bits per heavy atom. The molecule has 0 aromatic carbocycles. The molecule has 0 saturated heterocycles. The minimum Gasteiger partial charge on any atom is -0.208 e. The van der Waals surface area contributed by atoms with Gasteiger partial charge in [0.1, 0.15) is 6.66 Å². The van der Waals surface area contributed by atoms with E-state index in [-0.39, 0.29) is 0 Å². The van der Waals surface area contributed by atoms with Crippen LogP contribution < -0.4 is 0 Å². The third-order valence-corrected chi connectivity index (χ3v) is 3.85. The number of hydrogen-bond donors (Lipinski definition) is 2. The Hall–Kier alpha value is 0.700. The first-order valence-corrected chi connectivity index (χ1v) is 10.3. The van der Waals surface area contributed by atoms with Crippen molar-refractivity contribution in [3.63, 3.8) is 0 Å². The van der Waals surface area contributed by atoms with Gasteiger partial charge in [-0.2, -0.15) is 4.52 Å². The second-order valence-electron chi connectivity index (χ2n) is 4.85. The quantitative estimate of drug-likeness (QED) is 0.291. The first kappa shape index (κ1) is 17.7. The van der Waals surface area contributed by atoms with Crippen LogP contribution in [0.5, 0.6) is 0 Å². The van der Waals surface area contributed by atoms with E-state index in [2.05, 4.69) is 19.2 Å². The summed E-state index contributed by atoms with van der Waals surface area (Å²) in [5, 5.41) is 0. The Labute approximate surface area is 113 Å². The third-order valence-electron chi connectivity index (χ3n) is 2.83. The number of unbranched alkanes of at least 4 members (excludes halogenated alkanes) is 9. The van der Waals surface area contributed by atoms with Crippen LogP contribution in [0.3, 0.4) is 0 Å². The Balaban J connectivity index is 2.99. The number of hydrogen-bond acceptors (Lipinski definition) is 3. The summed E-state index contributed by atoms with van der Waals surface area (Å²) >= 11 is 4.00. The van der Waals surface area contributed by atoms with E-state index in [4.69, 9.17) is 4.52 Å². The van der Waals surface area contributed by atoms with E-state index >= 15 is 0 Å². The summed E-state index contributed by atoms with van der Waals surface area (Å²) in [6.07, 6.45) is 13.2. The molecule has 0 aromatic heterocycles. The maximum atomic E-state index is 9.31. The maximum absolute atomic E-state index is 9.31. The summed E-state index contributed by atoms with van der Waals surface area (Å²) in [6, 6.07) is 0. The first-order valence-electron chi connectivity index (χ1n) is 7.03. The standard InChI is InChI=1S/C13H30O2PS/c1-3-4-5-6-7-8-9-10-11-12-13-15-16(2,14)17/h14,17H,3-13H2,1-2H3/q+1. The highest BCUT2D eigenvalue weighted by molar-refractivity contribution is 8.48. The van der Waals surface area contributed by atoms with Gasteiger partial charge in [0.15, 0.2) is 0 Å². The summed E-state index contributed by atoms with van der Waals surface area (Å²) < 4.78 is 5.23. The van der Waals surface area contributed by atoms with E-state index in [1.54, 1.807) is 6.66 Å². The Kier molecular flexibility index (Phi) is 12.3. The molecule has 0 aliphatic heterocycles. The summed E-state index contributed by atoms with van der Waals surface area (Å²) in [4.78, 5) is 9.31. The number of rotatable bonds is 12. The Bertz CT molecular complexity index is 160. The maximum Gasteiger partial charge on any atom is 0.324 e. The molecule has 0 rings (SSSR count). The van der Waals surface area contributed by atoms with Gasteiger partial charge in [-0.15, -0.1) is 0 Å². The molecule has 0 aromatic rings. The molecular formula is C13H30O2PS+. The molecule has 17 heavy (non-hydrogen) atoms. The van der Waals surface area contributed by atoms with E-state index in [9.17, 15) is 4.89 Å². The lowest BCUT2D eigenvalue weighted by molar-refractivity contribution is 0.297. The van der Waals surface area contributed by atoms with Gasteiger partial charge in [-0.05, 0) is 6.42 Å².